The van der Waals surface area contributed by atoms with Gasteiger partial charge < -0.3 is 14.9 Å². The molecule has 2 amide bonds. The van der Waals surface area contributed by atoms with Gasteiger partial charge in [0.15, 0.2) is 0 Å². The first kappa shape index (κ1) is 15.1. The fourth-order valence-electron chi connectivity index (χ4n) is 3.48. The van der Waals surface area contributed by atoms with Crippen LogP contribution in [0.4, 0.5) is 4.79 Å². The van der Waals surface area contributed by atoms with E-state index in [0.29, 0.717) is 19.5 Å². The molecule has 20 heavy (non-hydrogen) atoms. The fraction of sp³-hybridized carbons (Fsp3) is 0.867. The van der Waals surface area contributed by atoms with E-state index >= 15 is 0 Å². The molecule has 0 aromatic carbocycles. The first-order valence-corrected chi connectivity index (χ1v) is 7.78. The second-order valence-electron chi connectivity index (χ2n) is 6.28. The molecule has 1 N–H and O–H groups in total. The van der Waals surface area contributed by atoms with Gasteiger partial charge in [-0.25, -0.2) is 4.79 Å². The molecule has 5 nitrogen and oxygen atoms in total. The van der Waals surface area contributed by atoms with Gasteiger partial charge in [-0.1, -0.05) is 13.8 Å². The normalized spacial score (nSPS) is 25.8. The summed E-state index contributed by atoms with van der Waals surface area (Å²) in [6, 6.07) is 0.0414. The molecule has 5 heteroatoms. The van der Waals surface area contributed by atoms with Crippen LogP contribution in [0.2, 0.25) is 0 Å². The Bertz CT molecular complexity index is 379. The van der Waals surface area contributed by atoms with Gasteiger partial charge in [-0.15, -0.1) is 0 Å². The monoisotopic (exact) mass is 282 g/mol. The molecule has 0 bridgehead atoms. The molecule has 114 valence electrons. The standard InChI is InChI=1S/C15H26N2O3/c1-3-15(4-2)7-9-17(11-15)14(20)16-8-5-6-12(10-16)13(18)19/h12H,3-11H2,1-2H3,(H,18,19)/t12-/m0/s1. The molecule has 2 saturated heterocycles. The lowest BCUT2D eigenvalue weighted by Crippen LogP contribution is -2.48. The van der Waals surface area contributed by atoms with Crippen LogP contribution in [0.5, 0.6) is 0 Å². The van der Waals surface area contributed by atoms with E-state index in [4.69, 9.17) is 5.11 Å². The zero-order chi connectivity index (χ0) is 14.8. The summed E-state index contributed by atoms with van der Waals surface area (Å²) in [5.74, 6) is -1.17. The number of likely N-dealkylation sites (tertiary alicyclic amines) is 2. The van der Waals surface area contributed by atoms with Crippen LogP contribution in [0.3, 0.4) is 0 Å². The van der Waals surface area contributed by atoms with E-state index in [-0.39, 0.29) is 11.4 Å². The molecule has 0 aromatic rings. The Kier molecular flexibility index (Phi) is 4.55. The van der Waals surface area contributed by atoms with Crippen molar-refractivity contribution in [1.82, 2.24) is 9.80 Å². The molecule has 2 fully saturated rings. The second kappa shape index (κ2) is 6.02. The van der Waals surface area contributed by atoms with Crippen LogP contribution >= 0.6 is 0 Å². The minimum Gasteiger partial charge on any atom is -0.481 e. The summed E-state index contributed by atoms with van der Waals surface area (Å²) in [4.78, 5) is 27.3. The molecule has 0 saturated carbocycles. The van der Waals surface area contributed by atoms with Crippen LogP contribution in [0, 0.1) is 11.3 Å². The number of amides is 2. The predicted molar refractivity (Wildman–Crippen MR) is 76.5 cm³/mol. The number of hydrogen-bond donors (Lipinski definition) is 1. The number of carbonyl (C=O) groups is 2. The van der Waals surface area contributed by atoms with E-state index in [1.165, 1.54) is 0 Å². The summed E-state index contributed by atoms with van der Waals surface area (Å²) < 4.78 is 0. The van der Waals surface area contributed by atoms with E-state index < -0.39 is 11.9 Å². The zero-order valence-corrected chi connectivity index (χ0v) is 12.6. The van der Waals surface area contributed by atoms with Crippen molar-refractivity contribution in [3.63, 3.8) is 0 Å². The van der Waals surface area contributed by atoms with Crippen molar-refractivity contribution in [2.24, 2.45) is 11.3 Å². The topological polar surface area (TPSA) is 60.9 Å². The van der Waals surface area contributed by atoms with Crippen molar-refractivity contribution in [1.29, 1.82) is 0 Å². The van der Waals surface area contributed by atoms with E-state index in [1.54, 1.807) is 4.90 Å². The van der Waals surface area contributed by atoms with Crippen LogP contribution in [0.1, 0.15) is 46.0 Å². The summed E-state index contributed by atoms with van der Waals surface area (Å²) in [7, 11) is 0. The van der Waals surface area contributed by atoms with Crippen molar-refractivity contribution in [2.75, 3.05) is 26.2 Å². The summed E-state index contributed by atoms with van der Waals surface area (Å²) in [6.45, 7) is 7.10. The van der Waals surface area contributed by atoms with Gasteiger partial charge in [-0.2, -0.15) is 0 Å². The Balaban J connectivity index is 1.96. The lowest BCUT2D eigenvalue weighted by atomic mass is 9.82. The van der Waals surface area contributed by atoms with Crippen LogP contribution in [0.25, 0.3) is 0 Å². The van der Waals surface area contributed by atoms with E-state index in [0.717, 1.165) is 38.8 Å². The van der Waals surface area contributed by atoms with Crippen molar-refractivity contribution in [3.8, 4) is 0 Å². The number of rotatable bonds is 3. The van der Waals surface area contributed by atoms with Gasteiger partial charge in [0.2, 0.25) is 0 Å². The molecule has 2 aliphatic rings. The smallest absolute Gasteiger partial charge is 0.320 e. The number of carbonyl (C=O) groups excluding carboxylic acids is 1. The molecule has 0 spiro atoms. The van der Waals surface area contributed by atoms with Gasteiger partial charge in [-0.05, 0) is 37.5 Å². The Morgan fingerprint density at radius 3 is 2.45 bits per heavy atom. The first-order chi connectivity index (χ1) is 9.51. The summed E-state index contributed by atoms with van der Waals surface area (Å²) in [5.41, 5.74) is 0.275. The molecular weight excluding hydrogens is 256 g/mol. The third-order valence-electron chi connectivity index (χ3n) is 5.25. The third kappa shape index (κ3) is 2.91. The van der Waals surface area contributed by atoms with Gasteiger partial charge >= 0.3 is 12.0 Å². The Morgan fingerprint density at radius 1 is 1.20 bits per heavy atom. The van der Waals surface area contributed by atoms with Gasteiger partial charge in [0.25, 0.3) is 0 Å². The highest BCUT2D eigenvalue weighted by atomic mass is 16.4. The Hall–Kier alpha value is -1.26. The van der Waals surface area contributed by atoms with E-state index in [9.17, 15) is 9.59 Å². The highest BCUT2D eigenvalue weighted by Gasteiger charge is 2.39. The molecule has 1 atom stereocenters. The highest BCUT2D eigenvalue weighted by molar-refractivity contribution is 5.77. The van der Waals surface area contributed by atoms with Gasteiger partial charge in [-0.3, -0.25) is 4.79 Å². The highest BCUT2D eigenvalue weighted by Crippen LogP contribution is 2.37. The molecule has 2 aliphatic heterocycles. The maximum absolute atomic E-state index is 12.5. The summed E-state index contributed by atoms with van der Waals surface area (Å²) in [5, 5.41) is 9.11. The van der Waals surface area contributed by atoms with Crippen LogP contribution in [-0.2, 0) is 4.79 Å². The second-order valence-corrected chi connectivity index (χ2v) is 6.28. The minimum absolute atomic E-state index is 0.0414. The fourth-order valence-corrected chi connectivity index (χ4v) is 3.48. The molecule has 0 aromatic heterocycles. The quantitative estimate of drug-likeness (QED) is 0.864. The largest absolute Gasteiger partial charge is 0.481 e. The van der Waals surface area contributed by atoms with Crippen molar-refractivity contribution in [3.05, 3.63) is 0 Å². The first-order valence-electron chi connectivity index (χ1n) is 7.78. The van der Waals surface area contributed by atoms with Crippen molar-refractivity contribution in [2.45, 2.75) is 46.0 Å². The number of hydrogen-bond acceptors (Lipinski definition) is 2. The molecule has 2 rings (SSSR count). The zero-order valence-electron chi connectivity index (χ0n) is 12.6. The molecular formula is C15H26N2O3. The number of piperidine rings is 1. The molecule has 2 heterocycles. The number of carboxylic acids is 1. The average Bonchev–Trinajstić information content (AvgIpc) is 2.91. The number of carboxylic acid groups (broad SMARTS) is 1. The molecule has 0 aliphatic carbocycles. The summed E-state index contributed by atoms with van der Waals surface area (Å²) >= 11 is 0. The number of nitrogens with zero attached hydrogens (tertiary/aromatic N) is 2. The van der Waals surface area contributed by atoms with Crippen LogP contribution < -0.4 is 0 Å². The van der Waals surface area contributed by atoms with Gasteiger partial charge in [0, 0.05) is 26.2 Å². The van der Waals surface area contributed by atoms with Crippen LogP contribution in [0.15, 0.2) is 0 Å². The van der Waals surface area contributed by atoms with Crippen LogP contribution in [-0.4, -0.2) is 53.1 Å². The Labute approximate surface area is 120 Å². The average molecular weight is 282 g/mol. The van der Waals surface area contributed by atoms with Gasteiger partial charge in [0.1, 0.15) is 0 Å². The predicted octanol–water partition coefficient (Wildman–Crippen LogP) is 2.42. The van der Waals surface area contributed by atoms with E-state index in [1.807, 2.05) is 4.90 Å². The third-order valence-corrected chi connectivity index (χ3v) is 5.25. The summed E-state index contributed by atoms with van der Waals surface area (Å²) in [6.07, 6.45) is 4.76. The SMILES string of the molecule is CCC1(CC)CCN(C(=O)N2CCC[C@H](C(=O)O)C2)C1. The maximum Gasteiger partial charge on any atom is 0.320 e. The minimum atomic E-state index is -0.777. The molecule has 0 unspecified atom stereocenters. The lowest BCUT2D eigenvalue weighted by molar-refractivity contribution is -0.143. The maximum atomic E-state index is 12.5. The lowest BCUT2D eigenvalue weighted by Gasteiger charge is -2.34. The van der Waals surface area contributed by atoms with Gasteiger partial charge in [0.05, 0.1) is 5.92 Å². The van der Waals surface area contributed by atoms with E-state index in [2.05, 4.69) is 13.8 Å². The molecule has 0 radical (unpaired) electrons. The number of aliphatic carboxylic acids is 1. The van der Waals surface area contributed by atoms with Crippen molar-refractivity contribution < 1.29 is 14.7 Å². The van der Waals surface area contributed by atoms with Crippen molar-refractivity contribution >= 4 is 12.0 Å². The Morgan fingerprint density at radius 2 is 1.90 bits per heavy atom. The number of urea groups is 1.